The molecule has 2 saturated heterocycles. The number of benzene rings is 2. The Morgan fingerprint density at radius 2 is 1.83 bits per heavy atom. The van der Waals surface area contributed by atoms with Gasteiger partial charge in [0.15, 0.2) is 6.10 Å². The third kappa shape index (κ3) is 5.82. The summed E-state index contributed by atoms with van der Waals surface area (Å²) in [5, 5.41) is 16.7. The SMILES string of the molecule is Cc1cc2nc(-c3ccc4c(n3)c(C3CCN(C5COC5)CC3)nn4C)sc2c(-c2ccc(Cl)cc2)c1C(OC(C)(C)C)C(=O)O. The van der Waals surface area contributed by atoms with Crippen LogP contribution in [0.1, 0.15) is 62.5 Å². The van der Waals surface area contributed by atoms with Crippen LogP contribution in [-0.2, 0) is 21.3 Å². The van der Waals surface area contributed by atoms with Gasteiger partial charge in [0.1, 0.15) is 10.5 Å². The van der Waals surface area contributed by atoms with E-state index in [9.17, 15) is 9.90 Å². The standard InChI is InChI=1S/C35H38ClN5O4S/c1-19-16-25-32(28(20-6-8-22(36)9-7-20)27(19)31(34(42)43)45-35(2,3)4)46-33(38-25)24-10-11-26-30(37-24)29(39-40(26)5)21-12-14-41(15-13-21)23-17-44-18-23/h6-11,16,21,23,31H,12-15,17-18H2,1-5H3,(H,42,43). The molecule has 11 heteroatoms. The molecule has 0 radical (unpaired) electrons. The zero-order valence-corrected chi connectivity index (χ0v) is 28.3. The summed E-state index contributed by atoms with van der Waals surface area (Å²) in [4.78, 5) is 25.5. The number of carboxylic acids is 1. The second kappa shape index (κ2) is 12.0. The molecule has 5 heterocycles. The summed E-state index contributed by atoms with van der Waals surface area (Å²) in [6, 6.07) is 14.1. The Morgan fingerprint density at radius 1 is 1.11 bits per heavy atom. The van der Waals surface area contributed by atoms with Gasteiger partial charge < -0.3 is 14.6 Å². The molecule has 1 atom stereocenters. The minimum atomic E-state index is -1.17. The van der Waals surface area contributed by atoms with E-state index in [4.69, 9.17) is 36.1 Å². The number of pyridine rings is 1. The smallest absolute Gasteiger partial charge is 0.337 e. The zero-order chi connectivity index (χ0) is 32.3. The van der Waals surface area contributed by atoms with Crippen molar-refractivity contribution in [1.82, 2.24) is 24.6 Å². The summed E-state index contributed by atoms with van der Waals surface area (Å²) in [6.45, 7) is 11.3. The lowest BCUT2D eigenvalue weighted by atomic mass is 9.91. The number of piperidine rings is 1. The van der Waals surface area contributed by atoms with Crippen LogP contribution in [-0.4, -0.2) is 73.7 Å². The molecule has 1 N–H and O–H groups in total. The van der Waals surface area contributed by atoms with Crippen LogP contribution in [0.3, 0.4) is 0 Å². The van der Waals surface area contributed by atoms with Crippen LogP contribution in [0.5, 0.6) is 0 Å². The van der Waals surface area contributed by atoms with Gasteiger partial charge in [-0.05, 0) is 95.1 Å². The van der Waals surface area contributed by atoms with E-state index in [-0.39, 0.29) is 0 Å². The van der Waals surface area contributed by atoms with E-state index >= 15 is 0 Å². The van der Waals surface area contributed by atoms with Crippen LogP contribution in [0.4, 0.5) is 0 Å². The molecule has 0 saturated carbocycles. The number of hydrogen-bond donors (Lipinski definition) is 1. The largest absolute Gasteiger partial charge is 0.479 e. The van der Waals surface area contributed by atoms with Gasteiger partial charge >= 0.3 is 5.97 Å². The normalized spacial score (nSPS) is 17.5. The monoisotopic (exact) mass is 659 g/mol. The number of likely N-dealkylation sites (tertiary alicyclic amines) is 1. The number of carboxylic acid groups (broad SMARTS) is 1. The molecule has 0 bridgehead atoms. The second-order valence-electron chi connectivity index (χ2n) is 13.4. The maximum atomic E-state index is 12.7. The maximum Gasteiger partial charge on any atom is 0.337 e. The van der Waals surface area contributed by atoms with Crippen molar-refractivity contribution in [2.75, 3.05) is 26.3 Å². The van der Waals surface area contributed by atoms with E-state index in [1.807, 2.05) is 75.8 Å². The number of hydrogen-bond acceptors (Lipinski definition) is 8. The Labute approximate surface area is 277 Å². The van der Waals surface area contributed by atoms with E-state index in [1.54, 1.807) is 0 Å². The van der Waals surface area contributed by atoms with Gasteiger partial charge in [-0.25, -0.2) is 14.8 Å². The summed E-state index contributed by atoms with van der Waals surface area (Å²) >= 11 is 7.78. The predicted octanol–water partition coefficient (Wildman–Crippen LogP) is 7.39. The highest BCUT2D eigenvalue weighted by Crippen LogP contribution is 2.44. The van der Waals surface area contributed by atoms with Crippen molar-refractivity contribution < 1.29 is 19.4 Å². The van der Waals surface area contributed by atoms with Crippen LogP contribution in [0.25, 0.3) is 43.1 Å². The molecule has 5 aromatic rings. The Hall–Kier alpha value is -3.41. The minimum absolute atomic E-state index is 0.344. The van der Waals surface area contributed by atoms with Gasteiger partial charge in [-0.15, -0.1) is 11.3 Å². The Kier molecular flexibility index (Phi) is 8.13. The minimum Gasteiger partial charge on any atom is -0.479 e. The molecule has 2 fully saturated rings. The molecule has 0 spiro atoms. The van der Waals surface area contributed by atoms with Crippen LogP contribution in [0.15, 0.2) is 42.5 Å². The van der Waals surface area contributed by atoms with Crippen LogP contribution >= 0.6 is 22.9 Å². The number of carbonyl (C=O) groups is 1. The number of aryl methyl sites for hydroxylation is 2. The third-order valence-electron chi connectivity index (χ3n) is 9.01. The summed E-state index contributed by atoms with van der Waals surface area (Å²) in [7, 11) is 1.98. The lowest BCUT2D eigenvalue weighted by Crippen LogP contribution is -2.51. The Balaban J connectivity index is 1.33. The predicted molar refractivity (Wildman–Crippen MR) is 182 cm³/mol. The Bertz CT molecular complexity index is 1940. The number of nitrogens with zero attached hydrogens (tertiary/aromatic N) is 5. The van der Waals surface area contributed by atoms with Crippen LogP contribution in [0, 0.1) is 6.92 Å². The van der Waals surface area contributed by atoms with E-state index in [0.29, 0.717) is 22.5 Å². The Morgan fingerprint density at radius 3 is 2.46 bits per heavy atom. The second-order valence-corrected chi connectivity index (χ2v) is 14.8. The van der Waals surface area contributed by atoms with Crippen molar-refractivity contribution in [3.63, 3.8) is 0 Å². The summed E-state index contributed by atoms with van der Waals surface area (Å²) in [5.41, 5.74) is 6.90. The average molecular weight is 660 g/mol. The van der Waals surface area contributed by atoms with E-state index in [1.165, 1.54) is 11.3 Å². The van der Waals surface area contributed by atoms with Crippen molar-refractivity contribution in [2.24, 2.45) is 7.05 Å². The fourth-order valence-corrected chi connectivity index (χ4v) is 7.90. The number of rotatable bonds is 7. The van der Waals surface area contributed by atoms with Gasteiger partial charge in [0.2, 0.25) is 0 Å². The molecule has 2 aliphatic heterocycles. The highest BCUT2D eigenvalue weighted by Gasteiger charge is 2.34. The quantitative estimate of drug-likeness (QED) is 0.193. The molecular weight excluding hydrogens is 622 g/mol. The first-order chi connectivity index (χ1) is 22.0. The van der Waals surface area contributed by atoms with Crippen LogP contribution < -0.4 is 0 Å². The molecule has 0 amide bonds. The van der Waals surface area contributed by atoms with E-state index in [0.717, 1.165) is 93.5 Å². The fourth-order valence-electron chi connectivity index (χ4n) is 6.68. The molecule has 7 rings (SSSR count). The topological polar surface area (TPSA) is 103 Å². The number of ether oxygens (including phenoxy) is 2. The number of aliphatic carboxylic acids is 1. The van der Waals surface area contributed by atoms with Crippen molar-refractivity contribution in [2.45, 2.75) is 64.2 Å². The lowest BCUT2D eigenvalue weighted by Gasteiger charge is -2.41. The van der Waals surface area contributed by atoms with E-state index < -0.39 is 17.7 Å². The van der Waals surface area contributed by atoms with E-state index in [2.05, 4.69) is 11.0 Å². The molecular formula is C35H38ClN5O4S. The van der Waals surface area contributed by atoms with Gasteiger partial charge in [-0.1, -0.05) is 23.7 Å². The van der Waals surface area contributed by atoms with Crippen molar-refractivity contribution in [3.05, 3.63) is 64.3 Å². The first-order valence-corrected chi connectivity index (χ1v) is 16.9. The summed E-state index contributed by atoms with van der Waals surface area (Å²) in [6.07, 6.45) is 0.920. The summed E-state index contributed by atoms with van der Waals surface area (Å²) in [5.74, 6) is -0.697. The van der Waals surface area contributed by atoms with Gasteiger partial charge in [0.25, 0.3) is 0 Å². The lowest BCUT2D eigenvalue weighted by molar-refractivity contribution is -0.160. The number of aromatic nitrogens is 4. The molecule has 0 aliphatic carbocycles. The number of fused-ring (bicyclic) bond motifs is 2. The molecule has 1 unspecified atom stereocenters. The number of halogens is 1. The molecule has 46 heavy (non-hydrogen) atoms. The first-order valence-electron chi connectivity index (χ1n) is 15.7. The highest BCUT2D eigenvalue weighted by atomic mass is 35.5. The molecule has 9 nitrogen and oxygen atoms in total. The van der Waals surface area contributed by atoms with Crippen molar-refractivity contribution in [3.8, 4) is 21.8 Å². The van der Waals surface area contributed by atoms with Gasteiger partial charge in [0.05, 0.1) is 52.0 Å². The molecule has 240 valence electrons. The first kappa shape index (κ1) is 31.2. The molecule has 2 aromatic carbocycles. The highest BCUT2D eigenvalue weighted by molar-refractivity contribution is 7.22. The van der Waals surface area contributed by atoms with Gasteiger partial charge in [-0.3, -0.25) is 9.58 Å². The molecule has 2 aliphatic rings. The number of thiazole rings is 1. The third-order valence-corrected chi connectivity index (χ3v) is 10.4. The zero-order valence-electron chi connectivity index (χ0n) is 26.7. The van der Waals surface area contributed by atoms with Gasteiger partial charge in [0, 0.05) is 29.1 Å². The summed E-state index contributed by atoms with van der Waals surface area (Å²) < 4.78 is 14.4. The average Bonchev–Trinajstić information content (AvgIpc) is 3.55. The van der Waals surface area contributed by atoms with Crippen molar-refractivity contribution >= 4 is 50.2 Å². The van der Waals surface area contributed by atoms with Crippen LogP contribution in [0.2, 0.25) is 5.02 Å². The molecule has 3 aromatic heterocycles. The van der Waals surface area contributed by atoms with Crippen molar-refractivity contribution in [1.29, 1.82) is 0 Å². The van der Waals surface area contributed by atoms with Gasteiger partial charge in [-0.2, -0.15) is 5.10 Å². The maximum absolute atomic E-state index is 12.7. The fraction of sp³-hybridized carbons (Fsp3) is 0.429.